The van der Waals surface area contributed by atoms with Crippen molar-refractivity contribution in [2.45, 2.75) is 84.2 Å². The van der Waals surface area contributed by atoms with Crippen molar-refractivity contribution in [1.82, 2.24) is 0 Å². The van der Waals surface area contributed by atoms with E-state index in [4.69, 9.17) is 13.7 Å². The van der Waals surface area contributed by atoms with Gasteiger partial charge in [0.1, 0.15) is 7.11 Å². The Bertz CT molecular complexity index is 476. The minimum absolute atomic E-state index is 0.225. The molecule has 0 aliphatic heterocycles. The first-order valence-electron chi connectivity index (χ1n) is 9.50. The van der Waals surface area contributed by atoms with Gasteiger partial charge in [-0.3, -0.25) is 0 Å². The fourth-order valence-electron chi connectivity index (χ4n) is 2.35. The van der Waals surface area contributed by atoms with E-state index in [0.29, 0.717) is 11.8 Å². The highest BCUT2D eigenvalue weighted by Gasteiger charge is 2.44. The molecule has 6 heteroatoms. The Labute approximate surface area is 158 Å². The smallest absolute Gasteiger partial charge is 0.192 e. The molecule has 0 amide bonds. The average Bonchev–Trinajstić information content (AvgIpc) is 2.39. The summed E-state index contributed by atoms with van der Waals surface area (Å²) < 4.78 is 12.9. The Balaban J connectivity index is 2.71. The van der Waals surface area contributed by atoms with Crippen LogP contribution in [0.2, 0.25) is 36.3 Å². The first-order valence-corrected chi connectivity index (χ1v) is 15.3. The van der Waals surface area contributed by atoms with Crippen molar-refractivity contribution in [3.05, 3.63) is 0 Å². The highest BCUT2D eigenvalue weighted by molar-refractivity contribution is 6.74. The van der Waals surface area contributed by atoms with Crippen LogP contribution in [0, 0.1) is 11.8 Å². The minimum atomic E-state index is -1.75. The SMILES string of the molecule is CON=C1C[C@@H](CO[Si](C)(C)C(C)(C)C)[C@@H]1CO[Si](C)(C)C(C)(C)C. The third kappa shape index (κ3) is 5.65. The van der Waals surface area contributed by atoms with Crippen molar-refractivity contribution in [2.75, 3.05) is 20.3 Å². The van der Waals surface area contributed by atoms with Crippen LogP contribution in [0.1, 0.15) is 48.0 Å². The fraction of sp³-hybridized carbons (Fsp3) is 0.947. The summed E-state index contributed by atoms with van der Waals surface area (Å²) in [6.45, 7) is 24.5. The molecule has 0 spiro atoms. The van der Waals surface area contributed by atoms with Crippen LogP contribution in [0.3, 0.4) is 0 Å². The molecule has 0 N–H and O–H groups in total. The molecule has 1 rings (SSSR count). The predicted octanol–water partition coefficient (Wildman–Crippen LogP) is 5.67. The van der Waals surface area contributed by atoms with Gasteiger partial charge in [0.2, 0.25) is 0 Å². The summed E-state index contributed by atoms with van der Waals surface area (Å²) in [7, 11) is -1.84. The zero-order valence-corrected chi connectivity index (χ0v) is 20.4. The van der Waals surface area contributed by atoms with Crippen LogP contribution in [0.25, 0.3) is 0 Å². The van der Waals surface area contributed by atoms with Gasteiger partial charge >= 0.3 is 0 Å². The van der Waals surface area contributed by atoms with Crippen molar-refractivity contribution >= 4 is 22.3 Å². The quantitative estimate of drug-likeness (QED) is 0.417. The summed E-state index contributed by atoms with van der Waals surface area (Å²) in [6.07, 6.45) is 0.966. The summed E-state index contributed by atoms with van der Waals surface area (Å²) in [5, 5.41) is 4.69. The van der Waals surface area contributed by atoms with Crippen LogP contribution < -0.4 is 0 Å². The molecule has 1 fully saturated rings. The second-order valence-electron chi connectivity index (χ2n) is 10.5. The van der Waals surface area contributed by atoms with Crippen molar-refractivity contribution < 1.29 is 13.7 Å². The molecule has 0 unspecified atom stereocenters. The minimum Gasteiger partial charge on any atom is -0.417 e. The number of hydrogen-bond donors (Lipinski definition) is 0. The molecule has 0 saturated heterocycles. The lowest BCUT2D eigenvalue weighted by molar-refractivity contribution is 0.126. The van der Waals surface area contributed by atoms with Gasteiger partial charge in [-0.25, -0.2) is 0 Å². The summed E-state index contributed by atoms with van der Waals surface area (Å²) in [4.78, 5) is 5.03. The Hall–Kier alpha value is -0.176. The van der Waals surface area contributed by atoms with Gasteiger partial charge in [-0.2, -0.15) is 0 Å². The van der Waals surface area contributed by atoms with Crippen LogP contribution in [0.15, 0.2) is 5.16 Å². The standard InChI is InChI=1S/C19H41NO3Si2/c1-18(2,3)24(8,9)22-13-15-12-17(20-21-7)16(15)14-23-25(10,11)19(4,5)6/h15-16H,12-14H2,1-11H3/t15-,16-/m0/s1. The summed E-state index contributed by atoms with van der Waals surface area (Å²) in [5.74, 6) is 0.826. The van der Waals surface area contributed by atoms with E-state index in [1.54, 1.807) is 7.11 Å². The van der Waals surface area contributed by atoms with Gasteiger partial charge in [0, 0.05) is 19.1 Å². The molecule has 0 aromatic rings. The second-order valence-corrected chi connectivity index (χ2v) is 20.1. The number of oxime groups is 1. The molecular formula is C19H41NO3Si2. The molecule has 1 aliphatic carbocycles. The normalized spacial score (nSPS) is 24.4. The molecule has 2 atom stereocenters. The molecule has 148 valence electrons. The molecule has 0 aromatic carbocycles. The van der Waals surface area contributed by atoms with Crippen LogP contribution in [0.5, 0.6) is 0 Å². The van der Waals surface area contributed by atoms with Gasteiger partial charge < -0.3 is 13.7 Å². The number of nitrogens with zero attached hydrogens (tertiary/aromatic N) is 1. The highest BCUT2D eigenvalue weighted by Crippen LogP contribution is 2.41. The van der Waals surface area contributed by atoms with Crippen molar-refractivity contribution in [3.63, 3.8) is 0 Å². The number of rotatable bonds is 7. The average molecular weight is 388 g/mol. The third-order valence-electron chi connectivity index (χ3n) is 6.57. The lowest BCUT2D eigenvalue weighted by atomic mass is 9.73. The molecule has 0 radical (unpaired) electrons. The zero-order valence-electron chi connectivity index (χ0n) is 18.4. The van der Waals surface area contributed by atoms with Crippen LogP contribution in [-0.2, 0) is 13.7 Å². The van der Waals surface area contributed by atoms with E-state index in [-0.39, 0.29) is 10.1 Å². The maximum atomic E-state index is 6.46. The molecule has 0 aromatic heterocycles. The zero-order chi connectivity index (χ0) is 19.7. The lowest BCUT2D eigenvalue weighted by Gasteiger charge is -2.44. The molecular weight excluding hydrogens is 346 g/mol. The van der Waals surface area contributed by atoms with Gasteiger partial charge in [0.25, 0.3) is 0 Å². The Morgan fingerprint density at radius 3 is 1.72 bits per heavy atom. The maximum Gasteiger partial charge on any atom is 0.192 e. The first-order chi connectivity index (χ1) is 11.1. The van der Waals surface area contributed by atoms with Gasteiger partial charge in [-0.05, 0) is 48.6 Å². The van der Waals surface area contributed by atoms with Gasteiger partial charge in [0.15, 0.2) is 16.6 Å². The summed E-state index contributed by atoms with van der Waals surface area (Å²) in [5.41, 5.74) is 1.13. The van der Waals surface area contributed by atoms with E-state index in [0.717, 1.165) is 25.3 Å². The van der Waals surface area contributed by atoms with Crippen LogP contribution in [0.4, 0.5) is 0 Å². The number of hydrogen-bond acceptors (Lipinski definition) is 4. The van der Waals surface area contributed by atoms with Crippen molar-refractivity contribution in [2.24, 2.45) is 17.0 Å². The van der Waals surface area contributed by atoms with E-state index >= 15 is 0 Å². The molecule has 25 heavy (non-hydrogen) atoms. The molecule has 1 aliphatic rings. The van der Waals surface area contributed by atoms with Crippen LogP contribution in [-0.4, -0.2) is 42.7 Å². The topological polar surface area (TPSA) is 40.0 Å². The van der Waals surface area contributed by atoms with E-state index < -0.39 is 16.6 Å². The van der Waals surface area contributed by atoms with Crippen LogP contribution >= 0.6 is 0 Å². The molecule has 4 nitrogen and oxygen atoms in total. The van der Waals surface area contributed by atoms with Gasteiger partial charge in [-0.1, -0.05) is 46.7 Å². The molecule has 0 heterocycles. The fourth-order valence-corrected chi connectivity index (χ4v) is 4.44. The lowest BCUT2D eigenvalue weighted by Crippen LogP contribution is -2.50. The van der Waals surface area contributed by atoms with Crippen molar-refractivity contribution in [3.8, 4) is 0 Å². The van der Waals surface area contributed by atoms with E-state index in [1.807, 2.05) is 0 Å². The summed E-state index contributed by atoms with van der Waals surface area (Å²) >= 11 is 0. The van der Waals surface area contributed by atoms with E-state index in [9.17, 15) is 0 Å². The maximum absolute atomic E-state index is 6.46. The molecule has 1 saturated carbocycles. The molecule has 0 bridgehead atoms. The highest BCUT2D eigenvalue weighted by atomic mass is 28.4. The Morgan fingerprint density at radius 1 is 0.880 bits per heavy atom. The second kappa shape index (κ2) is 7.83. The third-order valence-corrected chi connectivity index (χ3v) is 15.6. The Kier molecular flexibility index (Phi) is 7.16. The largest absolute Gasteiger partial charge is 0.417 e. The monoisotopic (exact) mass is 387 g/mol. The van der Waals surface area contributed by atoms with E-state index in [2.05, 4.69) is 72.9 Å². The van der Waals surface area contributed by atoms with Crippen molar-refractivity contribution in [1.29, 1.82) is 0 Å². The van der Waals surface area contributed by atoms with Gasteiger partial charge in [0.05, 0.1) is 5.71 Å². The first kappa shape index (κ1) is 22.9. The predicted molar refractivity (Wildman–Crippen MR) is 112 cm³/mol. The Morgan fingerprint density at radius 2 is 1.32 bits per heavy atom. The van der Waals surface area contributed by atoms with Gasteiger partial charge in [-0.15, -0.1) is 0 Å². The van der Waals surface area contributed by atoms with E-state index in [1.165, 1.54) is 0 Å². The summed E-state index contributed by atoms with van der Waals surface area (Å²) in [6, 6.07) is 0.